The third-order valence-electron chi connectivity index (χ3n) is 17.5. The second-order valence-corrected chi connectivity index (χ2v) is 26.4. The maximum absolute atomic E-state index is 15.0. The van der Waals surface area contributed by atoms with E-state index in [4.69, 9.17) is 12.2 Å². The van der Waals surface area contributed by atoms with Gasteiger partial charge in [-0.05, 0) is 124 Å². The molecule has 5 aliphatic heterocycles. The van der Waals surface area contributed by atoms with E-state index in [1.807, 2.05) is 93.9 Å². The molecule has 20 heteroatoms. The Balaban J connectivity index is 0.897. The van der Waals surface area contributed by atoms with Crippen molar-refractivity contribution >= 4 is 82.1 Å². The number of piperazine rings is 1. The molecule has 7 aliphatic rings. The fourth-order valence-electron chi connectivity index (χ4n) is 13.0. The van der Waals surface area contributed by atoms with Gasteiger partial charge in [0, 0.05) is 26.2 Å². The van der Waals surface area contributed by atoms with Crippen molar-refractivity contribution in [1.29, 1.82) is 0 Å². The number of benzene rings is 2. The zero-order valence-corrected chi connectivity index (χ0v) is 47.8. The molecule has 5 saturated heterocycles. The number of hydrogen-bond acceptors (Lipinski definition) is 12. The summed E-state index contributed by atoms with van der Waals surface area (Å²) in [6.45, 7) is 13.0. The first-order valence-corrected chi connectivity index (χ1v) is 29.9. The summed E-state index contributed by atoms with van der Waals surface area (Å²) in [5, 5.41) is 18.6. The van der Waals surface area contributed by atoms with Crippen molar-refractivity contribution in [1.82, 2.24) is 51.5 Å². The number of rotatable bonds is 12. The Morgan fingerprint density at radius 2 is 1.00 bits per heavy atom. The van der Waals surface area contributed by atoms with Crippen molar-refractivity contribution in [2.75, 3.05) is 51.8 Å². The van der Waals surface area contributed by atoms with E-state index in [0.717, 1.165) is 28.0 Å². The molecule has 5 fully saturated rings. The van der Waals surface area contributed by atoms with Gasteiger partial charge in [0.25, 0.3) is 0 Å². The van der Waals surface area contributed by atoms with E-state index >= 15 is 0 Å². The van der Waals surface area contributed by atoms with Gasteiger partial charge in [-0.15, -0.1) is 23.5 Å². The Morgan fingerprint density at radius 1 is 0.592 bits per heavy atom. The van der Waals surface area contributed by atoms with Crippen LogP contribution in [0.25, 0.3) is 0 Å². The van der Waals surface area contributed by atoms with Crippen LogP contribution in [0.5, 0.6) is 0 Å². The number of fused-ring (bicyclic) bond motifs is 4. The van der Waals surface area contributed by atoms with Gasteiger partial charge < -0.3 is 51.5 Å². The van der Waals surface area contributed by atoms with Crippen LogP contribution in [0.2, 0.25) is 0 Å². The average molecular weight is 1100 g/mol. The van der Waals surface area contributed by atoms with Crippen molar-refractivity contribution in [2.24, 2.45) is 22.7 Å². The van der Waals surface area contributed by atoms with Crippen LogP contribution < -0.4 is 31.9 Å². The number of thiocarbonyl (C=S) groups is 1. The molecule has 0 radical (unpaired) electrons. The molecule has 9 rings (SSSR count). The zero-order chi connectivity index (χ0) is 54.4. The topological polar surface area (TPSA) is 205 Å². The molecule has 0 saturated carbocycles. The highest BCUT2D eigenvalue weighted by molar-refractivity contribution is 8.00. The average Bonchev–Trinajstić information content (AvgIpc) is 3.73. The first-order chi connectivity index (χ1) is 36.2. The predicted molar refractivity (Wildman–Crippen MR) is 300 cm³/mol. The highest BCUT2D eigenvalue weighted by Gasteiger charge is 2.57. The summed E-state index contributed by atoms with van der Waals surface area (Å²) >= 11 is 9.00. The van der Waals surface area contributed by atoms with Gasteiger partial charge in [-0.1, -0.05) is 88.4 Å². The van der Waals surface area contributed by atoms with Gasteiger partial charge in [-0.25, -0.2) is 0 Å². The van der Waals surface area contributed by atoms with Crippen LogP contribution in [0.4, 0.5) is 0 Å². The highest BCUT2D eigenvalue weighted by atomic mass is 32.2. The van der Waals surface area contributed by atoms with Gasteiger partial charge in [0.2, 0.25) is 41.4 Å². The summed E-state index contributed by atoms with van der Waals surface area (Å²) < 4.78 is 0. The maximum Gasteiger partial charge on any atom is 0.246 e. The molecule has 2 aromatic rings. The van der Waals surface area contributed by atoms with E-state index in [2.05, 4.69) is 38.0 Å². The Hall–Kier alpha value is -4.76. The van der Waals surface area contributed by atoms with Crippen molar-refractivity contribution < 1.29 is 33.6 Å². The maximum atomic E-state index is 15.0. The minimum atomic E-state index is -0.833. The summed E-state index contributed by atoms with van der Waals surface area (Å²) in [5.74, 6) is -1.23. The van der Waals surface area contributed by atoms with Gasteiger partial charge in [-0.3, -0.25) is 33.6 Å². The van der Waals surface area contributed by atoms with Crippen molar-refractivity contribution in [3.63, 3.8) is 0 Å². The quantitative estimate of drug-likeness (QED) is 0.168. The summed E-state index contributed by atoms with van der Waals surface area (Å²) in [6.07, 6.45) is 4.65. The van der Waals surface area contributed by atoms with Crippen molar-refractivity contribution in [2.45, 2.75) is 152 Å². The zero-order valence-electron chi connectivity index (χ0n) is 45.3. The molecule has 0 unspecified atom stereocenters. The molecule has 6 N–H and O–H groups in total. The van der Waals surface area contributed by atoms with Crippen LogP contribution in [0.1, 0.15) is 114 Å². The molecule has 0 spiro atoms. The number of amides is 7. The van der Waals surface area contributed by atoms with Crippen LogP contribution in [0.3, 0.4) is 0 Å². The van der Waals surface area contributed by atoms with Gasteiger partial charge in [0.1, 0.15) is 24.2 Å². The van der Waals surface area contributed by atoms with Crippen molar-refractivity contribution in [3.8, 4) is 0 Å². The third-order valence-corrected chi connectivity index (χ3v) is 20.5. The van der Waals surface area contributed by atoms with Crippen LogP contribution in [0, 0.1) is 22.7 Å². The minimum absolute atomic E-state index is 0.0814. The van der Waals surface area contributed by atoms with Gasteiger partial charge in [0.05, 0.1) is 51.7 Å². The lowest BCUT2D eigenvalue weighted by Crippen LogP contribution is -2.59. The number of nitrogens with one attached hydrogen (secondary N) is 6. The summed E-state index contributed by atoms with van der Waals surface area (Å²) in [6, 6.07) is 11.0. The molecule has 0 aromatic heterocycles. The third kappa shape index (κ3) is 11.0. The fraction of sp³-hybridized carbons (Fsp3) is 0.643. The molecule has 5 heterocycles. The summed E-state index contributed by atoms with van der Waals surface area (Å²) in [5.41, 5.74) is 2.77. The SMILES string of the molecule is CN[C@@H](C)C(=O)N[C@H]1CCS[C@H]2CC(C)(C)[C@@H](C(=O)N[C@@H]3c4ccccc4CC[C@H]3C(=O)N3CCN(C(=O)[C@@H]4CCc5ccccc5[C@H]4NC(=O)[C@H]4N5C(=O)[C@@H](NC(=S)[C@H](C)NC)CCS[C@H]5CC4(C)C)CC3)N2C1=O. The van der Waals surface area contributed by atoms with Crippen LogP contribution in [-0.4, -0.2) is 165 Å². The number of thioether (sulfide) groups is 2. The summed E-state index contributed by atoms with van der Waals surface area (Å²) in [7, 11) is 3.51. The summed E-state index contributed by atoms with van der Waals surface area (Å²) in [4.78, 5) is 109. The molecule has 12 atom stereocenters. The monoisotopic (exact) mass is 1100 g/mol. The lowest BCUT2D eigenvalue weighted by molar-refractivity contribution is -0.148. The van der Waals surface area contributed by atoms with E-state index in [0.29, 0.717) is 88.3 Å². The highest BCUT2D eigenvalue weighted by Crippen LogP contribution is 2.49. The Morgan fingerprint density at radius 3 is 1.42 bits per heavy atom. The molecule has 2 aliphatic carbocycles. The molecule has 412 valence electrons. The van der Waals surface area contributed by atoms with E-state index in [9.17, 15) is 33.6 Å². The molecular weight excluding hydrogens is 1020 g/mol. The number of likely N-dealkylation sites (N-methyl/N-ethyl adjacent to an activating group) is 2. The molecule has 2 aromatic carbocycles. The number of carbonyl (C=O) groups is 7. The number of aryl methyl sites for hydroxylation is 2. The second kappa shape index (κ2) is 22.9. The Kier molecular flexibility index (Phi) is 16.9. The molecule has 7 amide bonds. The Bertz CT molecular complexity index is 2420. The standard InChI is InChI=1S/C56H78N10O7S3/c1-31(57-7)47(67)59-39-21-27-75-41-29-55(3,4)45(65(41)53(39)72)48(68)61-43-35-15-11-9-13-33(35)17-19-37(43)51(70)63-23-25-64(26-24-63)52(71)38-20-18-34-14-10-12-16-36(34)44(38)62-49(69)46-56(5,6)30-42-66(46)54(73)40(22-28-76-42)60-50(74)32(2)58-8/h9-16,31-32,37-46,57-58H,17-30H2,1-8H3,(H,59,67)(H,60,74)(H,61,68)(H,62,69)/t31-,32-,37+,38+,39-,40-,41-,42-,43+,44+,45+,46+/m0/s1. The first-order valence-electron chi connectivity index (χ1n) is 27.4. The van der Waals surface area contributed by atoms with Crippen LogP contribution >= 0.6 is 35.7 Å². The second-order valence-electron chi connectivity index (χ2n) is 23.4. The fourth-order valence-corrected chi connectivity index (χ4v) is 16.5. The normalized spacial score (nSPS) is 30.5. The van der Waals surface area contributed by atoms with Crippen LogP contribution in [-0.2, 0) is 46.4 Å². The lowest BCUT2D eigenvalue weighted by Gasteiger charge is -2.43. The van der Waals surface area contributed by atoms with Crippen molar-refractivity contribution in [3.05, 3.63) is 70.8 Å². The number of nitrogens with zero attached hydrogens (tertiary/aromatic N) is 4. The Labute approximate surface area is 462 Å². The lowest BCUT2D eigenvalue weighted by atomic mass is 9.77. The smallest absolute Gasteiger partial charge is 0.246 e. The first kappa shape index (κ1) is 56.0. The number of carbonyl (C=O) groups excluding carboxylic acids is 7. The van der Waals surface area contributed by atoms with Gasteiger partial charge in [0.15, 0.2) is 0 Å². The minimum Gasteiger partial charge on any atom is -0.367 e. The van der Waals surface area contributed by atoms with Crippen LogP contribution in [0.15, 0.2) is 48.5 Å². The van der Waals surface area contributed by atoms with Gasteiger partial charge >= 0.3 is 0 Å². The largest absolute Gasteiger partial charge is 0.367 e. The van der Waals surface area contributed by atoms with E-state index < -0.39 is 65.0 Å². The number of hydrogen-bond donors (Lipinski definition) is 6. The van der Waals surface area contributed by atoms with Gasteiger partial charge in [-0.2, -0.15) is 0 Å². The van der Waals surface area contributed by atoms with E-state index in [1.54, 1.807) is 47.3 Å². The predicted octanol–water partition coefficient (Wildman–Crippen LogP) is 3.66. The molecule has 76 heavy (non-hydrogen) atoms. The molecule has 0 bridgehead atoms. The van der Waals surface area contributed by atoms with E-state index in [1.165, 1.54) is 0 Å². The van der Waals surface area contributed by atoms with E-state index in [-0.39, 0.29) is 58.1 Å². The molecular formula is C56H78N10O7S3. The molecule has 17 nitrogen and oxygen atoms in total.